The molecule has 20 heavy (non-hydrogen) atoms. The fraction of sp³-hybridized carbons (Fsp3) is 0.533. The number of carbonyl (C=O) groups is 1. The normalized spacial score (nSPS) is 13.4. The third-order valence-corrected chi connectivity index (χ3v) is 3.31. The first-order valence-electron chi connectivity index (χ1n) is 6.75. The van der Waals surface area contributed by atoms with Crippen molar-refractivity contribution in [3.05, 3.63) is 23.8 Å². The van der Waals surface area contributed by atoms with Crippen LogP contribution in [0.25, 0.3) is 0 Å². The molecule has 5 heteroatoms. The van der Waals surface area contributed by atoms with Gasteiger partial charge in [-0.3, -0.25) is 4.79 Å². The summed E-state index contributed by atoms with van der Waals surface area (Å²) in [5.41, 5.74) is 6.37. The fourth-order valence-electron chi connectivity index (χ4n) is 1.99. The van der Waals surface area contributed by atoms with E-state index in [4.69, 9.17) is 15.2 Å². The molecule has 0 saturated heterocycles. The van der Waals surface area contributed by atoms with Crippen LogP contribution in [0.1, 0.15) is 31.9 Å². The highest BCUT2D eigenvalue weighted by Gasteiger charge is 2.18. The first kappa shape index (κ1) is 16.3. The highest BCUT2D eigenvalue weighted by atomic mass is 16.5. The van der Waals surface area contributed by atoms with Gasteiger partial charge in [-0.05, 0) is 38.1 Å². The minimum absolute atomic E-state index is 0.00665. The Hall–Kier alpha value is -1.75. The van der Waals surface area contributed by atoms with Crippen molar-refractivity contribution < 1.29 is 14.3 Å². The Morgan fingerprint density at radius 1 is 1.30 bits per heavy atom. The van der Waals surface area contributed by atoms with Crippen molar-refractivity contribution in [1.29, 1.82) is 0 Å². The molecule has 0 aliphatic heterocycles. The number of ether oxygens (including phenoxy) is 2. The van der Waals surface area contributed by atoms with E-state index in [1.807, 2.05) is 32.0 Å². The Bertz CT molecular complexity index is 449. The second-order valence-corrected chi connectivity index (χ2v) is 4.82. The molecule has 0 spiro atoms. The molecule has 0 aliphatic carbocycles. The van der Waals surface area contributed by atoms with Gasteiger partial charge >= 0.3 is 0 Å². The number of nitrogens with two attached hydrogens (primary N) is 1. The lowest BCUT2D eigenvalue weighted by molar-refractivity contribution is -0.125. The summed E-state index contributed by atoms with van der Waals surface area (Å²) in [4.78, 5) is 12.0. The van der Waals surface area contributed by atoms with Crippen LogP contribution >= 0.6 is 0 Å². The van der Waals surface area contributed by atoms with Crippen LogP contribution in [0.15, 0.2) is 18.2 Å². The Labute approximate surface area is 120 Å². The van der Waals surface area contributed by atoms with Crippen LogP contribution in [0.3, 0.4) is 0 Å². The van der Waals surface area contributed by atoms with E-state index in [0.29, 0.717) is 13.0 Å². The van der Waals surface area contributed by atoms with Crippen molar-refractivity contribution in [1.82, 2.24) is 5.32 Å². The molecule has 2 unspecified atom stereocenters. The van der Waals surface area contributed by atoms with Gasteiger partial charge in [0.2, 0.25) is 5.91 Å². The van der Waals surface area contributed by atoms with Crippen molar-refractivity contribution >= 4 is 5.91 Å². The summed E-state index contributed by atoms with van der Waals surface area (Å²) in [5, 5.41) is 2.98. The lowest BCUT2D eigenvalue weighted by Gasteiger charge is -2.20. The molecule has 1 amide bonds. The van der Waals surface area contributed by atoms with Gasteiger partial charge < -0.3 is 20.5 Å². The van der Waals surface area contributed by atoms with E-state index in [2.05, 4.69) is 5.32 Å². The van der Waals surface area contributed by atoms with Crippen molar-refractivity contribution in [3.63, 3.8) is 0 Å². The van der Waals surface area contributed by atoms with Gasteiger partial charge in [0.05, 0.1) is 20.3 Å². The van der Waals surface area contributed by atoms with E-state index >= 15 is 0 Å². The Kier molecular flexibility index (Phi) is 6.31. The van der Waals surface area contributed by atoms with E-state index < -0.39 is 0 Å². The molecule has 3 N–H and O–H groups in total. The predicted molar refractivity (Wildman–Crippen MR) is 78.9 cm³/mol. The second kappa shape index (κ2) is 7.75. The average molecular weight is 280 g/mol. The van der Waals surface area contributed by atoms with Crippen LogP contribution in [0.2, 0.25) is 0 Å². The topological polar surface area (TPSA) is 73.6 Å². The van der Waals surface area contributed by atoms with Crippen LogP contribution < -0.4 is 20.5 Å². The molecule has 0 radical (unpaired) electrons. The fourth-order valence-corrected chi connectivity index (χ4v) is 1.99. The molecule has 1 aromatic rings. The molecular formula is C15H24N2O3. The standard InChI is InChI=1S/C15H24N2O3/c1-10(7-8-16)15(18)17-11(2)13-9-12(19-3)5-6-14(13)20-4/h5-6,9-11H,7-8,16H2,1-4H3,(H,17,18). The van der Waals surface area contributed by atoms with Gasteiger partial charge in [0.1, 0.15) is 11.5 Å². The summed E-state index contributed by atoms with van der Waals surface area (Å²) >= 11 is 0. The van der Waals surface area contributed by atoms with Crippen LogP contribution in [0.4, 0.5) is 0 Å². The van der Waals surface area contributed by atoms with Gasteiger partial charge in [-0.1, -0.05) is 6.92 Å². The highest BCUT2D eigenvalue weighted by molar-refractivity contribution is 5.78. The quantitative estimate of drug-likeness (QED) is 0.799. The molecule has 0 aromatic heterocycles. The molecule has 0 aliphatic rings. The zero-order chi connectivity index (χ0) is 15.1. The average Bonchev–Trinajstić information content (AvgIpc) is 2.46. The number of hydrogen-bond donors (Lipinski definition) is 2. The summed E-state index contributed by atoms with van der Waals surface area (Å²) in [7, 11) is 3.22. The molecule has 0 fully saturated rings. The van der Waals surface area contributed by atoms with Gasteiger partial charge in [-0.25, -0.2) is 0 Å². The van der Waals surface area contributed by atoms with Gasteiger partial charge in [0, 0.05) is 11.5 Å². The van der Waals surface area contributed by atoms with E-state index in [0.717, 1.165) is 17.1 Å². The summed E-state index contributed by atoms with van der Waals surface area (Å²) in [6.07, 6.45) is 0.674. The van der Waals surface area contributed by atoms with E-state index in [1.54, 1.807) is 14.2 Å². The largest absolute Gasteiger partial charge is 0.497 e. The van der Waals surface area contributed by atoms with Gasteiger partial charge in [-0.15, -0.1) is 0 Å². The summed E-state index contributed by atoms with van der Waals surface area (Å²) < 4.78 is 10.5. The number of nitrogens with one attached hydrogen (secondary N) is 1. The monoisotopic (exact) mass is 280 g/mol. The summed E-state index contributed by atoms with van der Waals surface area (Å²) in [6, 6.07) is 5.37. The van der Waals surface area contributed by atoms with Crippen LogP contribution in [-0.2, 0) is 4.79 Å². The Morgan fingerprint density at radius 2 is 2.00 bits per heavy atom. The number of methoxy groups -OCH3 is 2. The van der Waals surface area contributed by atoms with Crippen molar-refractivity contribution in [3.8, 4) is 11.5 Å². The molecule has 112 valence electrons. The molecular weight excluding hydrogens is 256 g/mol. The van der Waals surface area contributed by atoms with Gasteiger partial charge in [0.15, 0.2) is 0 Å². The predicted octanol–water partition coefficient (Wildman–Crippen LogP) is 1.87. The molecule has 0 saturated carbocycles. The number of hydrogen-bond acceptors (Lipinski definition) is 4. The first-order valence-corrected chi connectivity index (χ1v) is 6.75. The number of benzene rings is 1. The van der Waals surface area contributed by atoms with Gasteiger partial charge in [-0.2, -0.15) is 0 Å². The third-order valence-electron chi connectivity index (χ3n) is 3.31. The Balaban J connectivity index is 2.85. The van der Waals surface area contributed by atoms with Crippen molar-refractivity contribution in [2.24, 2.45) is 11.7 Å². The zero-order valence-electron chi connectivity index (χ0n) is 12.6. The molecule has 0 heterocycles. The molecule has 0 bridgehead atoms. The Morgan fingerprint density at radius 3 is 2.55 bits per heavy atom. The van der Waals surface area contributed by atoms with E-state index in [-0.39, 0.29) is 17.9 Å². The minimum Gasteiger partial charge on any atom is -0.497 e. The summed E-state index contributed by atoms with van der Waals surface area (Å²) in [6.45, 7) is 4.30. The molecule has 2 atom stereocenters. The van der Waals surface area contributed by atoms with Crippen molar-refractivity contribution in [2.75, 3.05) is 20.8 Å². The SMILES string of the molecule is COc1ccc(OC)c(C(C)NC(=O)C(C)CCN)c1. The smallest absolute Gasteiger partial charge is 0.223 e. The second-order valence-electron chi connectivity index (χ2n) is 4.82. The third kappa shape index (κ3) is 4.13. The van der Waals surface area contributed by atoms with Crippen LogP contribution in [-0.4, -0.2) is 26.7 Å². The number of amides is 1. The van der Waals surface area contributed by atoms with E-state index in [1.165, 1.54) is 0 Å². The van der Waals surface area contributed by atoms with E-state index in [9.17, 15) is 4.79 Å². The maximum atomic E-state index is 12.0. The molecule has 1 aromatic carbocycles. The molecule has 5 nitrogen and oxygen atoms in total. The number of carbonyl (C=O) groups excluding carboxylic acids is 1. The zero-order valence-corrected chi connectivity index (χ0v) is 12.6. The van der Waals surface area contributed by atoms with Crippen LogP contribution in [0, 0.1) is 5.92 Å². The highest BCUT2D eigenvalue weighted by Crippen LogP contribution is 2.29. The minimum atomic E-state index is -0.159. The van der Waals surface area contributed by atoms with Crippen LogP contribution in [0.5, 0.6) is 11.5 Å². The lowest BCUT2D eigenvalue weighted by atomic mass is 10.0. The van der Waals surface area contributed by atoms with Gasteiger partial charge in [0.25, 0.3) is 0 Å². The first-order chi connectivity index (χ1) is 9.53. The van der Waals surface area contributed by atoms with Crippen molar-refractivity contribution in [2.45, 2.75) is 26.3 Å². The maximum Gasteiger partial charge on any atom is 0.223 e. The lowest BCUT2D eigenvalue weighted by Crippen LogP contribution is -2.32. The number of rotatable bonds is 7. The maximum absolute atomic E-state index is 12.0. The summed E-state index contributed by atoms with van der Waals surface area (Å²) in [5.74, 6) is 1.36. The molecule has 1 rings (SSSR count).